The van der Waals surface area contributed by atoms with Crippen molar-refractivity contribution < 1.29 is 114 Å². The zero-order valence-electron chi connectivity index (χ0n) is 68.3. The van der Waals surface area contributed by atoms with E-state index in [1.54, 1.807) is 19.0 Å². The highest BCUT2D eigenvalue weighted by molar-refractivity contribution is 6.06. The Bertz CT molecular complexity index is 3890. The molecule has 2 aliphatic heterocycles. The van der Waals surface area contributed by atoms with Crippen LogP contribution in [0.15, 0.2) is 141 Å². The number of morpholine rings is 1. The summed E-state index contributed by atoms with van der Waals surface area (Å²) in [5.41, 5.74) is -4.36. The van der Waals surface area contributed by atoms with Gasteiger partial charge in [0.25, 0.3) is 0 Å². The van der Waals surface area contributed by atoms with Crippen molar-refractivity contribution in [2.24, 2.45) is 0 Å². The Balaban J connectivity index is 0.000000462. The van der Waals surface area contributed by atoms with Gasteiger partial charge in [0, 0.05) is 141 Å². The second-order valence-electron chi connectivity index (χ2n) is 31.5. The fourth-order valence-corrected chi connectivity index (χ4v) is 14.1. The SMILES string of the molecule is C#CN(CCC)C1=C(O)C(=O)C(C)(O)C1.CC1(O)CC(N(Cc2ccccc2)Cc2ccccc2)=C(O)C1=O.CC1(O)CC(N2CCCCC2)=C(O)C1=O.CC1(O)CC(N2CCOCC2)=C(O)C1=O.CCCCN(CCCC)C1=C(O)C(=O)C(C)(O)C1.CCN(CC)C1=C(O)C(=O)C(C)(O)C1.CN(C)C1=C(O)C(=O)C(C)(O)C1.[HH].[HH].[HH]. The molecular weight excluding hydrogens is 1460 g/mol. The smallest absolute Gasteiger partial charge is 0.230 e. The summed E-state index contributed by atoms with van der Waals surface area (Å²) >= 11 is 0. The molecule has 14 N–H and O–H groups in total. The third kappa shape index (κ3) is 23.9. The van der Waals surface area contributed by atoms with Crippen molar-refractivity contribution in [1.29, 1.82) is 0 Å². The summed E-state index contributed by atoms with van der Waals surface area (Å²) in [6.45, 7) is 29.1. The van der Waals surface area contributed by atoms with Crippen LogP contribution in [0, 0.1) is 12.5 Å². The van der Waals surface area contributed by atoms with Gasteiger partial charge in [-0.3, -0.25) is 33.6 Å². The van der Waals surface area contributed by atoms with Crippen LogP contribution in [0.2, 0.25) is 0 Å². The third-order valence-electron chi connectivity index (χ3n) is 20.9. The lowest BCUT2D eigenvalue weighted by atomic mass is 10.0. The van der Waals surface area contributed by atoms with Gasteiger partial charge >= 0.3 is 0 Å². The molecule has 2 fully saturated rings. The molecule has 2 heterocycles. The van der Waals surface area contributed by atoms with Crippen molar-refractivity contribution >= 4 is 40.5 Å². The quantitative estimate of drug-likeness (QED) is 0.0410. The first kappa shape index (κ1) is 94.3. The molecule has 0 amide bonds. The van der Waals surface area contributed by atoms with E-state index in [-0.39, 0.29) is 83.8 Å². The first-order valence-corrected chi connectivity index (χ1v) is 38.9. The Labute approximate surface area is 668 Å². The van der Waals surface area contributed by atoms with Crippen molar-refractivity contribution in [3.63, 3.8) is 0 Å². The fraction of sp³-hybridized carbons (Fsp3) is 0.583. The van der Waals surface area contributed by atoms with Gasteiger partial charge in [0.15, 0.2) is 40.3 Å². The average Bonchev–Trinajstić information content (AvgIpc) is 1.64. The number of ketones is 7. The summed E-state index contributed by atoms with van der Waals surface area (Å²) in [5.74, 6) is -6.19. The first-order valence-electron chi connectivity index (χ1n) is 38.9. The van der Waals surface area contributed by atoms with Gasteiger partial charge in [-0.05, 0) is 112 Å². The lowest BCUT2D eigenvalue weighted by Crippen LogP contribution is -2.36. The molecule has 113 heavy (non-hydrogen) atoms. The number of terminal acetylenes is 1. The summed E-state index contributed by atoms with van der Waals surface area (Å²) in [6.07, 6.45) is 14.9. The van der Waals surface area contributed by atoms with Crippen LogP contribution in [0.1, 0.15) is 195 Å². The van der Waals surface area contributed by atoms with Gasteiger partial charge in [-0.15, -0.1) is 0 Å². The largest absolute Gasteiger partial charge is 0.503 e. The van der Waals surface area contributed by atoms with E-state index in [1.807, 2.05) is 101 Å². The van der Waals surface area contributed by atoms with E-state index in [1.165, 1.54) is 59.8 Å². The molecule has 0 saturated carbocycles. The number of hydrogen-bond donors (Lipinski definition) is 14. The number of aliphatic hydroxyl groups excluding tert-OH is 7. The number of piperidine rings is 1. The highest BCUT2D eigenvalue weighted by Crippen LogP contribution is 2.39. The third-order valence-corrected chi connectivity index (χ3v) is 20.9. The van der Waals surface area contributed by atoms with Gasteiger partial charge in [-0.1, -0.05) is 101 Å². The fourth-order valence-electron chi connectivity index (χ4n) is 14.1. The lowest BCUT2D eigenvalue weighted by Gasteiger charge is -2.30. The zero-order valence-corrected chi connectivity index (χ0v) is 68.3. The highest BCUT2D eigenvalue weighted by Gasteiger charge is 2.50. The minimum absolute atomic E-state index is 0. The molecule has 0 bridgehead atoms. The number of unbranched alkanes of at least 4 members (excludes halogenated alkanes) is 2. The number of aliphatic hydroxyl groups is 14. The van der Waals surface area contributed by atoms with Crippen LogP contribution in [0.25, 0.3) is 0 Å². The van der Waals surface area contributed by atoms with Crippen LogP contribution >= 0.6 is 0 Å². The number of hydrogen-bond acceptors (Lipinski definition) is 29. The molecule has 2 aromatic carbocycles. The van der Waals surface area contributed by atoms with Crippen molar-refractivity contribution in [3.8, 4) is 12.5 Å². The normalized spacial score (nSPS) is 26.8. The number of nitrogens with zero attached hydrogens (tertiary/aromatic N) is 7. The number of carbonyl (C=O) groups excluding carboxylic acids is 7. The standard InChI is InChI=1S/C20H21NO3.C14H25NO3.C11H17NO3.C11H15NO3.C10H15NO4.C10H17NO3.C8H13NO3.3H2/c1-20(24)12-17(18(22)19(20)23)21(13-15-8-4-2-5-9-15)14-16-10-6-3-7-11-16;1-4-6-8-15(9-7-5-2)11-10-14(3,18)13(17)12(11)16;1-11(15)7-8(9(13)10(11)14)12-5-3-2-4-6-12;1-4-6-12(5-2)8-7-11(3,15)10(14)9(8)13;1-10(14)6-7(8(12)9(10)13)11-2-4-15-5-3-11;1-4-11(5-2)7-6-10(3,14)9(13)8(7)12;1-8(12)4-5(9(2)3)6(10)7(8)11;;;/h2-11,22,24H,12-14H2,1H3;16,18H,4-10H2,1-3H3;13,15H,2-7H2,1H3;2,13,15H,4,6-7H2,1,3H3;12,14H,2-6H2,1H3;12,14H,4-6H2,1-3H3;10,12H,4H2,1-3H3;3*1H. The Morgan fingerprint density at radius 3 is 0.965 bits per heavy atom. The molecule has 2 aromatic rings. The zero-order chi connectivity index (χ0) is 85.1. The summed E-state index contributed by atoms with van der Waals surface area (Å²) < 4.78 is 5.18. The molecule has 29 nitrogen and oxygen atoms in total. The molecule has 632 valence electrons. The molecule has 0 radical (unpaired) electrons. The van der Waals surface area contributed by atoms with Crippen LogP contribution in [-0.4, -0.2) is 272 Å². The molecule has 29 heteroatoms. The van der Waals surface area contributed by atoms with E-state index in [0.29, 0.717) is 85.8 Å². The number of Topliss-reactive ketones (excluding diaryl/α,β-unsaturated/α-hetero) is 7. The maximum atomic E-state index is 12.1. The summed E-state index contributed by atoms with van der Waals surface area (Å²) in [6, 6.07) is 22.1. The number of likely N-dealkylation sites (tertiary alicyclic amines) is 1. The highest BCUT2D eigenvalue weighted by atomic mass is 16.5. The summed E-state index contributed by atoms with van der Waals surface area (Å²) in [7, 11) is 3.44. The average molecular weight is 1590 g/mol. The van der Waals surface area contributed by atoms with E-state index < -0.39 is 85.4 Å². The van der Waals surface area contributed by atoms with Crippen LogP contribution in [0.4, 0.5) is 0 Å². The monoisotopic (exact) mass is 1590 g/mol. The lowest BCUT2D eigenvalue weighted by molar-refractivity contribution is -0.132. The van der Waals surface area contributed by atoms with Crippen molar-refractivity contribution in [2.75, 3.05) is 86.2 Å². The molecular formula is C84H129N7O22. The number of rotatable bonds is 21. The number of carbonyl (C=O) groups is 7. The molecule has 11 rings (SSSR count). The Hall–Kier alpha value is -9.25. The molecule has 0 aromatic heterocycles. The van der Waals surface area contributed by atoms with Gasteiger partial charge in [-0.2, -0.15) is 0 Å². The Kier molecular flexibility index (Phi) is 33.5. The maximum absolute atomic E-state index is 12.1. The van der Waals surface area contributed by atoms with Gasteiger partial charge in [-0.25, -0.2) is 0 Å². The van der Waals surface area contributed by atoms with E-state index in [0.717, 1.165) is 95.3 Å². The second-order valence-corrected chi connectivity index (χ2v) is 31.5. The van der Waals surface area contributed by atoms with Gasteiger partial charge in [0.05, 0.1) is 53.1 Å². The van der Waals surface area contributed by atoms with E-state index in [4.69, 9.17) is 11.2 Å². The minimum Gasteiger partial charge on any atom is -0.503 e. The predicted molar refractivity (Wildman–Crippen MR) is 429 cm³/mol. The summed E-state index contributed by atoms with van der Waals surface area (Å²) in [5, 5.41) is 136. The molecule has 9 aliphatic rings. The minimum atomic E-state index is -1.54. The van der Waals surface area contributed by atoms with Crippen LogP contribution in [0.5, 0.6) is 0 Å². The van der Waals surface area contributed by atoms with Gasteiger partial charge < -0.3 is 111 Å². The maximum Gasteiger partial charge on any atom is 0.230 e. The summed E-state index contributed by atoms with van der Waals surface area (Å²) in [4.78, 5) is 93.6. The molecule has 7 aliphatic carbocycles. The Morgan fingerprint density at radius 2 is 0.690 bits per heavy atom. The Morgan fingerprint density at radius 1 is 0.389 bits per heavy atom. The van der Waals surface area contributed by atoms with Gasteiger partial charge in [0.1, 0.15) is 39.2 Å². The molecule has 7 atom stereocenters. The van der Waals surface area contributed by atoms with E-state index in [9.17, 15) is 105 Å². The topological polar surface area (TPSA) is 435 Å². The number of ether oxygens (including phenoxy) is 1. The van der Waals surface area contributed by atoms with Crippen molar-refractivity contribution in [2.45, 2.75) is 232 Å². The second kappa shape index (κ2) is 40.2. The molecule has 0 spiro atoms. The van der Waals surface area contributed by atoms with E-state index >= 15 is 0 Å². The van der Waals surface area contributed by atoms with Crippen molar-refractivity contribution in [1.82, 2.24) is 34.3 Å². The van der Waals surface area contributed by atoms with Gasteiger partial charge in [0.2, 0.25) is 40.5 Å². The van der Waals surface area contributed by atoms with Crippen LogP contribution < -0.4 is 0 Å². The van der Waals surface area contributed by atoms with Crippen LogP contribution in [0.3, 0.4) is 0 Å². The number of benzene rings is 2. The first-order chi connectivity index (χ1) is 52.7. The molecule has 7 unspecified atom stereocenters. The predicted octanol–water partition coefficient (Wildman–Crippen LogP) is 8.73. The van der Waals surface area contributed by atoms with Crippen LogP contribution in [-0.2, 0) is 51.4 Å². The van der Waals surface area contributed by atoms with Crippen molar-refractivity contribution in [3.05, 3.63) is 152 Å². The molecule has 2 saturated heterocycles. The van der Waals surface area contributed by atoms with E-state index in [2.05, 4.69) is 24.8 Å².